The fourth-order valence-electron chi connectivity index (χ4n) is 2.04. The normalized spacial score (nSPS) is 31.1. The van der Waals surface area contributed by atoms with Crippen LogP contribution in [-0.2, 0) is 14.3 Å². The lowest BCUT2D eigenvalue weighted by atomic mass is 10.1. The van der Waals surface area contributed by atoms with E-state index in [-0.39, 0.29) is 11.9 Å². The van der Waals surface area contributed by atoms with Crippen LogP contribution in [0.15, 0.2) is 0 Å². The van der Waals surface area contributed by atoms with E-state index in [1.807, 2.05) is 6.92 Å². The molecule has 2 N–H and O–H groups in total. The maximum Gasteiger partial charge on any atom is 0.332 e. The number of nitrogens with one attached hydrogen (secondary N) is 1. The average Bonchev–Trinajstić information content (AvgIpc) is 2.95. The molecule has 1 saturated heterocycles. The largest absolute Gasteiger partial charge is 0.479 e. The number of rotatable bonds is 4. The Bertz CT molecular complexity index is 300. The molecule has 90 valence electrons. The highest BCUT2D eigenvalue weighted by molar-refractivity contribution is 5.82. The van der Waals surface area contributed by atoms with E-state index < -0.39 is 18.2 Å². The second-order valence-electron chi connectivity index (χ2n) is 4.66. The highest BCUT2D eigenvalue weighted by Gasteiger charge is 2.36. The lowest BCUT2D eigenvalue weighted by Crippen LogP contribution is -2.41. The smallest absolute Gasteiger partial charge is 0.332 e. The van der Waals surface area contributed by atoms with Gasteiger partial charge >= 0.3 is 5.97 Å². The highest BCUT2D eigenvalue weighted by Crippen LogP contribution is 2.32. The van der Waals surface area contributed by atoms with Gasteiger partial charge in [-0.05, 0) is 38.5 Å². The zero-order valence-corrected chi connectivity index (χ0v) is 9.31. The summed E-state index contributed by atoms with van der Waals surface area (Å²) in [5.74, 6) is -0.547. The van der Waals surface area contributed by atoms with Gasteiger partial charge in [0.2, 0.25) is 5.91 Å². The number of carbonyl (C=O) groups is 2. The van der Waals surface area contributed by atoms with Crippen LogP contribution in [0.1, 0.15) is 32.6 Å². The van der Waals surface area contributed by atoms with Gasteiger partial charge in [-0.3, -0.25) is 4.79 Å². The summed E-state index contributed by atoms with van der Waals surface area (Å²) < 4.78 is 5.17. The minimum atomic E-state index is -0.981. The highest BCUT2D eigenvalue weighted by atomic mass is 16.5. The number of ether oxygens (including phenoxy) is 1. The Morgan fingerprint density at radius 3 is 2.38 bits per heavy atom. The van der Waals surface area contributed by atoms with E-state index in [0.717, 1.165) is 0 Å². The molecule has 2 rings (SSSR count). The molecule has 1 unspecified atom stereocenters. The molecule has 1 heterocycles. The van der Waals surface area contributed by atoms with Crippen LogP contribution in [-0.4, -0.2) is 35.2 Å². The number of carbonyl (C=O) groups excluding carboxylic acids is 1. The van der Waals surface area contributed by atoms with Gasteiger partial charge in [-0.25, -0.2) is 4.79 Å². The number of carboxylic acid groups (broad SMARTS) is 1. The topological polar surface area (TPSA) is 75.6 Å². The maximum absolute atomic E-state index is 11.7. The Labute approximate surface area is 94.2 Å². The van der Waals surface area contributed by atoms with Gasteiger partial charge in [0.25, 0.3) is 0 Å². The first kappa shape index (κ1) is 11.4. The third-order valence-corrected chi connectivity index (χ3v) is 3.29. The van der Waals surface area contributed by atoms with E-state index in [0.29, 0.717) is 18.8 Å². The Morgan fingerprint density at radius 2 is 1.88 bits per heavy atom. The first-order valence-electron chi connectivity index (χ1n) is 5.76. The molecule has 1 amide bonds. The first-order chi connectivity index (χ1) is 7.58. The minimum Gasteiger partial charge on any atom is -0.479 e. The summed E-state index contributed by atoms with van der Waals surface area (Å²) in [6.45, 7) is 1.99. The number of hydrogen-bond donors (Lipinski definition) is 2. The summed E-state index contributed by atoms with van der Waals surface area (Å²) in [4.78, 5) is 22.4. The van der Waals surface area contributed by atoms with E-state index >= 15 is 0 Å². The Balaban J connectivity index is 1.79. The molecule has 5 nitrogen and oxygen atoms in total. The van der Waals surface area contributed by atoms with Crippen molar-refractivity contribution in [3.8, 4) is 0 Å². The van der Waals surface area contributed by atoms with Crippen molar-refractivity contribution in [1.29, 1.82) is 0 Å². The van der Waals surface area contributed by atoms with Crippen molar-refractivity contribution < 1.29 is 19.4 Å². The predicted octanol–water partition coefficient (Wildman–Crippen LogP) is 0.533. The molecule has 0 radical (unpaired) electrons. The first-order valence-corrected chi connectivity index (χ1v) is 5.76. The second kappa shape index (κ2) is 4.41. The quantitative estimate of drug-likeness (QED) is 0.734. The fraction of sp³-hybridized carbons (Fsp3) is 0.818. The zero-order chi connectivity index (χ0) is 11.7. The van der Waals surface area contributed by atoms with E-state index in [9.17, 15) is 9.59 Å². The molecule has 1 saturated carbocycles. The fourth-order valence-corrected chi connectivity index (χ4v) is 2.04. The van der Waals surface area contributed by atoms with E-state index in [4.69, 9.17) is 9.84 Å². The summed E-state index contributed by atoms with van der Waals surface area (Å²) in [5, 5.41) is 11.6. The van der Waals surface area contributed by atoms with Crippen LogP contribution < -0.4 is 5.32 Å². The van der Waals surface area contributed by atoms with Gasteiger partial charge in [0.05, 0.1) is 0 Å². The van der Waals surface area contributed by atoms with Crippen molar-refractivity contribution in [2.75, 3.05) is 0 Å². The monoisotopic (exact) mass is 227 g/mol. The summed E-state index contributed by atoms with van der Waals surface area (Å²) in [5.41, 5.74) is 0. The van der Waals surface area contributed by atoms with Crippen LogP contribution in [0.25, 0.3) is 0 Å². The van der Waals surface area contributed by atoms with E-state index in [2.05, 4.69) is 5.32 Å². The summed E-state index contributed by atoms with van der Waals surface area (Å²) in [6.07, 6.45) is 1.87. The summed E-state index contributed by atoms with van der Waals surface area (Å²) >= 11 is 0. The van der Waals surface area contributed by atoms with Gasteiger partial charge in [-0.1, -0.05) is 0 Å². The molecule has 0 bridgehead atoms. The van der Waals surface area contributed by atoms with Crippen molar-refractivity contribution in [3.05, 3.63) is 0 Å². The molecular formula is C11H17NO4. The van der Waals surface area contributed by atoms with Crippen molar-refractivity contribution >= 4 is 11.9 Å². The molecule has 2 aliphatic rings. The molecule has 0 aromatic carbocycles. The maximum atomic E-state index is 11.7. The zero-order valence-electron chi connectivity index (χ0n) is 9.31. The molecular weight excluding hydrogens is 210 g/mol. The minimum absolute atomic E-state index is 0.164. The molecule has 0 aromatic heterocycles. The standard InChI is InChI=1S/C11H17NO4/c1-6(7-2-3-7)12-10(13)8-4-5-9(16-8)11(14)15/h6-9H,2-5H2,1H3,(H,12,13)(H,14,15)/t6?,8-,9+/m0/s1. The van der Waals surface area contributed by atoms with Crippen molar-refractivity contribution in [2.24, 2.45) is 5.92 Å². The molecule has 5 heteroatoms. The Morgan fingerprint density at radius 1 is 1.25 bits per heavy atom. The van der Waals surface area contributed by atoms with Gasteiger partial charge in [-0.2, -0.15) is 0 Å². The van der Waals surface area contributed by atoms with Gasteiger partial charge in [0.15, 0.2) is 6.10 Å². The van der Waals surface area contributed by atoms with Gasteiger partial charge in [-0.15, -0.1) is 0 Å². The third-order valence-electron chi connectivity index (χ3n) is 3.29. The summed E-state index contributed by atoms with van der Waals surface area (Å²) in [6, 6.07) is 0.181. The number of amides is 1. The van der Waals surface area contributed by atoms with E-state index in [1.54, 1.807) is 0 Å². The number of aliphatic carboxylic acids is 1. The molecule has 16 heavy (non-hydrogen) atoms. The van der Waals surface area contributed by atoms with Gasteiger partial charge in [0.1, 0.15) is 6.10 Å². The lowest BCUT2D eigenvalue weighted by Gasteiger charge is -2.16. The van der Waals surface area contributed by atoms with Crippen LogP contribution in [0.5, 0.6) is 0 Å². The van der Waals surface area contributed by atoms with Crippen LogP contribution in [0.3, 0.4) is 0 Å². The van der Waals surface area contributed by atoms with Crippen LogP contribution in [0.4, 0.5) is 0 Å². The Hall–Kier alpha value is -1.10. The van der Waals surface area contributed by atoms with E-state index in [1.165, 1.54) is 12.8 Å². The Kier molecular flexibility index (Phi) is 3.14. The number of carboxylic acids is 1. The van der Waals surface area contributed by atoms with Crippen molar-refractivity contribution in [3.63, 3.8) is 0 Å². The predicted molar refractivity (Wildman–Crippen MR) is 55.9 cm³/mol. The average molecular weight is 227 g/mol. The van der Waals surface area contributed by atoms with Crippen LogP contribution >= 0.6 is 0 Å². The SMILES string of the molecule is CC(NC(=O)[C@@H]1CC[C@H](C(=O)O)O1)C1CC1. The van der Waals surface area contributed by atoms with Crippen LogP contribution in [0.2, 0.25) is 0 Å². The summed E-state index contributed by atoms with van der Waals surface area (Å²) in [7, 11) is 0. The molecule has 2 fully saturated rings. The van der Waals surface area contributed by atoms with Gasteiger partial charge in [0, 0.05) is 6.04 Å². The van der Waals surface area contributed by atoms with Gasteiger partial charge < -0.3 is 15.2 Å². The molecule has 1 aliphatic heterocycles. The second-order valence-corrected chi connectivity index (χ2v) is 4.66. The van der Waals surface area contributed by atoms with Crippen LogP contribution in [0, 0.1) is 5.92 Å². The third kappa shape index (κ3) is 2.52. The molecule has 1 aliphatic carbocycles. The molecule has 0 aromatic rings. The lowest BCUT2D eigenvalue weighted by molar-refractivity contribution is -0.151. The van der Waals surface area contributed by atoms with Crippen molar-refractivity contribution in [1.82, 2.24) is 5.32 Å². The number of hydrogen-bond acceptors (Lipinski definition) is 3. The van der Waals surface area contributed by atoms with Crippen molar-refractivity contribution in [2.45, 2.75) is 50.9 Å². The molecule has 0 spiro atoms. The molecule has 3 atom stereocenters.